The number of nitrogens with two attached hydrogens (primary N) is 1. The largest absolute Gasteiger partial charge is 0.417 e. The third kappa shape index (κ3) is 3.54. The number of hydrogen-bond acceptors (Lipinski definition) is 3. The summed E-state index contributed by atoms with van der Waals surface area (Å²) >= 11 is 2.96. The molecule has 9 heteroatoms. The monoisotopic (exact) mass is 362 g/mol. The van der Waals surface area contributed by atoms with E-state index >= 15 is 0 Å². The van der Waals surface area contributed by atoms with Crippen molar-refractivity contribution in [3.63, 3.8) is 0 Å². The van der Waals surface area contributed by atoms with Crippen LogP contribution in [0.1, 0.15) is 21.5 Å². The topological polar surface area (TPSA) is 83.8 Å². The molecule has 1 amide bonds. The summed E-state index contributed by atoms with van der Waals surface area (Å²) in [5, 5.41) is 8.50. The molecule has 112 valence electrons. The van der Waals surface area contributed by atoms with Crippen LogP contribution in [-0.2, 0) is 12.7 Å². The molecule has 4 N–H and O–H groups in total. The molecule has 5 nitrogen and oxygen atoms in total. The quantitative estimate of drug-likeness (QED) is 0.784. The standard InChI is InChI=1S/C12H10BrF3N4O/c13-7-1-2-8(9(3-7)12(14,15)16)11(21)18-4-6-5-19-20-10(6)17/h1-3,5H,4H2,(H,18,21)(H3,17,19,20). The lowest BCUT2D eigenvalue weighted by molar-refractivity contribution is -0.138. The van der Waals surface area contributed by atoms with Crippen molar-refractivity contribution in [3.05, 3.63) is 45.6 Å². The van der Waals surface area contributed by atoms with Crippen molar-refractivity contribution in [2.45, 2.75) is 12.7 Å². The number of benzene rings is 1. The van der Waals surface area contributed by atoms with Crippen LogP contribution in [0.5, 0.6) is 0 Å². The third-order valence-corrected chi connectivity index (χ3v) is 3.22. The van der Waals surface area contributed by atoms with E-state index in [-0.39, 0.29) is 16.8 Å². The van der Waals surface area contributed by atoms with E-state index in [4.69, 9.17) is 5.73 Å². The molecule has 1 heterocycles. The summed E-state index contributed by atoms with van der Waals surface area (Å²) in [4.78, 5) is 11.9. The number of nitrogens with one attached hydrogen (secondary N) is 2. The molecule has 1 aromatic heterocycles. The molecule has 0 unspecified atom stereocenters. The zero-order chi connectivity index (χ0) is 15.6. The molecule has 21 heavy (non-hydrogen) atoms. The minimum absolute atomic E-state index is 0.0193. The van der Waals surface area contributed by atoms with E-state index in [1.165, 1.54) is 12.3 Å². The lowest BCUT2D eigenvalue weighted by atomic mass is 10.1. The highest BCUT2D eigenvalue weighted by molar-refractivity contribution is 9.10. The number of rotatable bonds is 3. The zero-order valence-corrected chi connectivity index (χ0v) is 12.0. The SMILES string of the molecule is Nc1[nH]ncc1CNC(=O)c1ccc(Br)cc1C(F)(F)F. The van der Waals surface area contributed by atoms with Crippen LogP contribution in [0.4, 0.5) is 19.0 Å². The van der Waals surface area contributed by atoms with Gasteiger partial charge >= 0.3 is 6.18 Å². The predicted octanol–water partition coefficient (Wildman–Crippen LogP) is 2.70. The molecule has 2 aromatic rings. The zero-order valence-electron chi connectivity index (χ0n) is 10.5. The number of H-pyrrole nitrogens is 1. The van der Waals surface area contributed by atoms with Gasteiger partial charge in [-0.3, -0.25) is 9.89 Å². The first-order valence-electron chi connectivity index (χ1n) is 5.71. The highest BCUT2D eigenvalue weighted by Crippen LogP contribution is 2.33. The summed E-state index contributed by atoms with van der Waals surface area (Å²) in [6.07, 6.45) is -3.23. The number of halogens is 4. The Hall–Kier alpha value is -2.03. The van der Waals surface area contributed by atoms with Gasteiger partial charge in [0.25, 0.3) is 5.91 Å². The second-order valence-electron chi connectivity index (χ2n) is 4.18. The van der Waals surface area contributed by atoms with E-state index < -0.39 is 23.2 Å². The van der Waals surface area contributed by atoms with Crippen LogP contribution >= 0.6 is 15.9 Å². The fraction of sp³-hybridized carbons (Fsp3) is 0.167. The van der Waals surface area contributed by atoms with Gasteiger partial charge in [0.05, 0.1) is 17.3 Å². The van der Waals surface area contributed by atoms with E-state index in [2.05, 4.69) is 31.4 Å². The Kier molecular flexibility index (Phi) is 4.21. The van der Waals surface area contributed by atoms with E-state index in [0.717, 1.165) is 12.1 Å². The number of hydrogen-bond donors (Lipinski definition) is 3. The Morgan fingerprint density at radius 1 is 1.43 bits per heavy atom. The average Bonchev–Trinajstić information content (AvgIpc) is 2.80. The van der Waals surface area contributed by atoms with E-state index in [0.29, 0.717) is 5.56 Å². The minimum atomic E-state index is -4.62. The first kappa shape index (κ1) is 15.4. The van der Waals surface area contributed by atoms with Crippen LogP contribution in [0.15, 0.2) is 28.9 Å². The second kappa shape index (κ2) is 5.76. The molecule has 0 spiro atoms. The van der Waals surface area contributed by atoms with Gasteiger partial charge in [-0.2, -0.15) is 18.3 Å². The number of nitrogen functional groups attached to an aromatic ring is 1. The van der Waals surface area contributed by atoms with Gasteiger partial charge in [0, 0.05) is 16.6 Å². The number of carbonyl (C=O) groups is 1. The highest BCUT2D eigenvalue weighted by atomic mass is 79.9. The second-order valence-corrected chi connectivity index (χ2v) is 5.09. The van der Waals surface area contributed by atoms with E-state index in [9.17, 15) is 18.0 Å². The van der Waals surface area contributed by atoms with Crippen molar-refractivity contribution in [1.82, 2.24) is 15.5 Å². The number of amides is 1. The van der Waals surface area contributed by atoms with Crippen LogP contribution < -0.4 is 11.1 Å². The van der Waals surface area contributed by atoms with Crippen LogP contribution in [0.2, 0.25) is 0 Å². The highest BCUT2D eigenvalue weighted by Gasteiger charge is 2.35. The van der Waals surface area contributed by atoms with Gasteiger partial charge in [0.1, 0.15) is 5.82 Å². The molecule has 1 aromatic carbocycles. The molecule has 0 aliphatic rings. The minimum Gasteiger partial charge on any atom is -0.384 e. The van der Waals surface area contributed by atoms with Crippen LogP contribution in [0, 0.1) is 0 Å². The molecule has 0 aliphatic carbocycles. The first-order valence-corrected chi connectivity index (χ1v) is 6.51. The summed E-state index contributed by atoms with van der Waals surface area (Å²) in [5.41, 5.74) is 4.57. The van der Waals surface area contributed by atoms with Gasteiger partial charge < -0.3 is 11.1 Å². The molecule has 0 fully saturated rings. The molecule has 0 bridgehead atoms. The number of anilines is 1. The van der Waals surface area contributed by atoms with Crippen molar-refractivity contribution in [2.75, 3.05) is 5.73 Å². The van der Waals surface area contributed by atoms with Gasteiger partial charge in [-0.25, -0.2) is 0 Å². The van der Waals surface area contributed by atoms with Crippen molar-refractivity contribution in [1.29, 1.82) is 0 Å². The number of nitrogens with zero attached hydrogens (tertiary/aromatic N) is 1. The smallest absolute Gasteiger partial charge is 0.384 e. The van der Waals surface area contributed by atoms with Crippen LogP contribution in [0.25, 0.3) is 0 Å². The van der Waals surface area contributed by atoms with Crippen molar-refractivity contribution in [2.24, 2.45) is 0 Å². The summed E-state index contributed by atoms with van der Waals surface area (Å²) < 4.78 is 39.0. The van der Waals surface area contributed by atoms with Gasteiger partial charge in [0.2, 0.25) is 0 Å². The Morgan fingerprint density at radius 2 is 2.14 bits per heavy atom. The van der Waals surface area contributed by atoms with Crippen LogP contribution in [0.3, 0.4) is 0 Å². The van der Waals surface area contributed by atoms with Crippen LogP contribution in [-0.4, -0.2) is 16.1 Å². The third-order valence-electron chi connectivity index (χ3n) is 2.72. The fourth-order valence-electron chi connectivity index (χ4n) is 1.68. The lowest BCUT2D eigenvalue weighted by Crippen LogP contribution is -2.26. The maximum absolute atomic E-state index is 12.9. The van der Waals surface area contributed by atoms with Gasteiger partial charge in [0.15, 0.2) is 0 Å². The molecule has 0 atom stereocenters. The Bertz CT molecular complexity index is 669. The average molecular weight is 363 g/mol. The normalized spacial score (nSPS) is 11.4. The first-order chi connectivity index (χ1) is 9.79. The maximum atomic E-state index is 12.9. The Labute approximate surface area is 125 Å². The van der Waals surface area contributed by atoms with Crippen molar-refractivity contribution < 1.29 is 18.0 Å². The molecular weight excluding hydrogens is 353 g/mol. The summed E-state index contributed by atoms with van der Waals surface area (Å²) in [6.45, 7) is -0.0193. The van der Waals surface area contributed by atoms with E-state index in [1.54, 1.807) is 0 Å². The molecular formula is C12H10BrF3N4O. The van der Waals surface area contributed by atoms with Gasteiger partial charge in [-0.1, -0.05) is 15.9 Å². The van der Waals surface area contributed by atoms with Crippen molar-refractivity contribution in [3.8, 4) is 0 Å². The Balaban J connectivity index is 2.21. The molecule has 0 aliphatic heterocycles. The molecule has 0 saturated carbocycles. The number of aromatic nitrogens is 2. The summed E-state index contributed by atoms with van der Waals surface area (Å²) in [6, 6.07) is 3.35. The molecule has 0 radical (unpaired) electrons. The number of carbonyl (C=O) groups excluding carboxylic acids is 1. The van der Waals surface area contributed by atoms with E-state index in [1.807, 2.05) is 0 Å². The van der Waals surface area contributed by atoms with Gasteiger partial charge in [-0.15, -0.1) is 0 Å². The van der Waals surface area contributed by atoms with Gasteiger partial charge in [-0.05, 0) is 18.2 Å². The number of aromatic amines is 1. The Morgan fingerprint density at radius 3 is 2.71 bits per heavy atom. The number of alkyl halides is 3. The molecule has 2 rings (SSSR count). The predicted molar refractivity (Wildman–Crippen MR) is 73.3 cm³/mol. The lowest BCUT2D eigenvalue weighted by Gasteiger charge is -2.13. The fourth-order valence-corrected chi connectivity index (χ4v) is 2.04. The summed E-state index contributed by atoms with van der Waals surface area (Å²) in [5.74, 6) is -0.586. The summed E-state index contributed by atoms with van der Waals surface area (Å²) in [7, 11) is 0. The maximum Gasteiger partial charge on any atom is 0.417 e. The molecule has 0 saturated heterocycles. The van der Waals surface area contributed by atoms with Crippen molar-refractivity contribution >= 4 is 27.7 Å².